The van der Waals surface area contributed by atoms with E-state index in [1.807, 2.05) is 4.90 Å². The molecule has 1 aromatic carbocycles. The van der Waals surface area contributed by atoms with Gasteiger partial charge in [0.2, 0.25) is 11.7 Å². The molecule has 25 heavy (non-hydrogen) atoms. The Morgan fingerprint density at radius 2 is 2.24 bits per heavy atom. The van der Waals surface area contributed by atoms with Gasteiger partial charge in [-0.15, -0.1) is 0 Å². The quantitative estimate of drug-likeness (QED) is 0.786. The van der Waals surface area contributed by atoms with Gasteiger partial charge >= 0.3 is 12.1 Å². The highest BCUT2D eigenvalue weighted by atomic mass is 19.4. The summed E-state index contributed by atoms with van der Waals surface area (Å²) >= 11 is 0. The van der Waals surface area contributed by atoms with Crippen LogP contribution >= 0.6 is 0 Å². The molecule has 2 aromatic rings. The predicted molar refractivity (Wildman–Crippen MR) is 80.2 cm³/mol. The number of hydrogen-bond donors (Lipinski definition) is 0. The van der Waals surface area contributed by atoms with Crippen LogP contribution < -0.4 is 0 Å². The summed E-state index contributed by atoms with van der Waals surface area (Å²) in [5.74, 6) is -0.00625. The molecule has 1 saturated heterocycles. The summed E-state index contributed by atoms with van der Waals surface area (Å²) in [6.07, 6.45) is -2.92. The number of aromatic nitrogens is 2. The van der Waals surface area contributed by atoms with E-state index in [9.17, 15) is 18.0 Å². The first-order valence-electron chi connectivity index (χ1n) is 7.70. The van der Waals surface area contributed by atoms with Gasteiger partial charge in [-0.2, -0.15) is 18.2 Å². The maximum atomic E-state index is 12.8. The van der Waals surface area contributed by atoms with Crippen LogP contribution in [0.5, 0.6) is 0 Å². The van der Waals surface area contributed by atoms with Crippen LogP contribution in [0.4, 0.5) is 13.2 Å². The van der Waals surface area contributed by atoms with Gasteiger partial charge in [0.05, 0.1) is 19.2 Å². The van der Waals surface area contributed by atoms with Crippen LogP contribution in [0.25, 0.3) is 11.4 Å². The maximum Gasteiger partial charge on any atom is 0.416 e. The van der Waals surface area contributed by atoms with Crippen molar-refractivity contribution in [2.75, 3.05) is 13.7 Å². The maximum absolute atomic E-state index is 12.8. The first kappa shape index (κ1) is 17.4. The van der Waals surface area contributed by atoms with E-state index in [0.29, 0.717) is 13.0 Å². The Hall–Kier alpha value is -2.42. The molecule has 1 atom stereocenters. The molecule has 9 heteroatoms. The third-order valence-corrected chi connectivity index (χ3v) is 4.09. The summed E-state index contributed by atoms with van der Waals surface area (Å²) in [6, 6.07) is 4.37. The topological polar surface area (TPSA) is 68.5 Å². The normalized spacial score (nSPS) is 18.5. The van der Waals surface area contributed by atoms with Crippen molar-refractivity contribution in [2.24, 2.45) is 0 Å². The zero-order chi connectivity index (χ0) is 18.0. The third-order valence-electron chi connectivity index (χ3n) is 4.09. The fourth-order valence-corrected chi connectivity index (χ4v) is 2.86. The van der Waals surface area contributed by atoms with Gasteiger partial charge in [-0.1, -0.05) is 17.3 Å². The second-order valence-corrected chi connectivity index (χ2v) is 5.74. The monoisotopic (exact) mass is 355 g/mol. The molecular formula is C16H16F3N3O3. The molecule has 2 heterocycles. The summed E-state index contributed by atoms with van der Waals surface area (Å²) < 4.78 is 48.3. The Balaban J connectivity index is 1.76. The summed E-state index contributed by atoms with van der Waals surface area (Å²) in [6.45, 7) is 0.923. The van der Waals surface area contributed by atoms with Crippen LogP contribution in [0, 0.1) is 0 Å². The molecule has 6 nitrogen and oxygen atoms in total. The standard InChI is InChI=1S/C16H16F3N3O3/c1-24-15(23)12-6-3-7-22(12)9-13-20-14(21-25-13)10-4-2-5-11(8-10)16(17,18)19/h2,4-5,8,12H,3,6-7,9H2,1H3. The molecule has 0 N–H and O–H groups in total. The number of alkyl halides is 3. The highest BCUT2D eigenvalue weighted by Crippen LogP contribution is 2.31. The highest BCUT2D eigenvalue weighted by Gasteiger charge is 2.33. The van der Waals surface area contributed by atoms with E-state index in [0.717, 1.165) is 18.6 Å². The van der Waals surface area contributed by atoms with Gasteiger partial charge in [-0.25, -0.2) is 0 Å². The van der Waals surface area contributed by atoms with Crippen molar-refractivity contribution in [1.29, 1.82) is 0 Å². The average molecular weight is 355 g/mol. The van der Waals surface area contributed by atoms with Gasteiger partial charge in [-0.3, -0.25) is 9.69 Å². The lowest BCUT2D eigenvalue weighted by molar-refractivity contribution is -0.146. The molecule has 0 aliphatic carbocycles. The van der Waals surface area contributed by atoms with Crippen LogP contribution in [0.2, 0.25) is 0 Å². The molecule has 0 radical (unpaired) electrons. The lowest BCUT2D eigenvalue weighted by Gasteiger charge is -2.19. The Morgan fingerprint density at radius 3 is 2.96 bits per heavy atom. The smallest absolute Gasteiger partial charge is 0.416 e. The van der Waals surface area contributed by atoms with Crippen molar-refractivity contribution in [1.82, 2.24) is 15.0 Å². The van der Waals surface area contributed by atoms with E-state index in [1.165, 1.54) is 19.2 Å². The van der Waals surface area contributed by atoms with Crippen molar-refractivity contribution in [2.45, 2.75) is 31.6 Å². The van der Waals surface area contributed by atoms with E-state index in [4.69, 9.17) is 9.26 Å². The Bertz CT molecular complexity index is 760. The van der Waals surface area contributed by atoms with Gasteiger partial charge in [0.25, 0.3) is 0 Å². The van der Waals surface area contributed by atoms with Crippen molar-refractivity contribution >= 4 is 5.97 Å². The lowest BCUT2D eigenvalue weighted by Crippen LogP contribution is -2.36. The molecular weight excluding hydrogens is 339 g/mol. The minimum Gasteiger partial charge on any atom is -0.468 e. The first-order valence-corrected chi connectivity index (χ1v) is 7.70. The zero-order valence-corrected chi connectivity index (χ0v) is 13.4. The molecule has 1 aliphatic rings. The summed E-state index contributed by atoms with van der Waals surface area (Å²) in [5.41, 5.74) is -0.558. The molecule has 0 saturated carbocycles. The molecule has 3 rings (SSSR count). The van der Waals surface area contributed by atoms with Crippen molar-refractivity contribution in [3.8, 4) is 11.4 Å². The van der Waals surface area contributed by atoms with Gasteiger partial charge < -0.3 is 9.26 Å². The number of nitrogens with zero attached hydrogens (tertiary/aromatic N) is 3. The van der Waals surface area contributed by atoms with E-state index in [1.54, 1.807) is 0 Å². The number of benzene rings is 1. The van der Waals surface area contributed by atoms with Crippen LogP contribution in [0.15, 0.2) is 28.8 Å². The number of halogens is 3. The Labute approximate surface area is 141 Å². The van der Waals surface area contributed by atoms with Crippen LogP contribution in [0.3, 0.4) is 0 Å². The van der Waals surface area contributed by atoms with Crippen LogP contribution in [-0.4, -0.2) is 40.7 Å². The van der Waals surface area contributed by atoms with Crippen molar-refractivity contribution < 1.29 is 27.2 Å². The molecule has 0 spiro atoms. The van der Waals surface area contributed by atoms with Crippen molar-refractivity contribution in [3.05, 3.63) is 35.7 Å². The number of rotatable bonds is 4. The number of ether oxygens (including phenoxy) is 1. The minimum atomic E-state index is -4.44. The molecule has 1 unspecified atom stereocenters. The number of carbonyl (C=O) groups excluding carboxylic acids is 1. The van der Waals surface area contributed by atoms with Gasteiger partial charge in [0, 0.05) is 5.56 Å². The number of esters is 1. The number of hydrogen-bond acceptors (Lipinski definition) is 6. The summed E-state index contributed by atoms with van der Waals surface area (Å²) in [5, 5.41) is 3.75. The lowest BCUT2D eigenvalue weighted by atomic mass is 10.1. The van der Waals surface area contributed by atoms with E-state index >= 15 is 0 Å². The van der Waals surface area contributed by atoms with Crippen LogP contribution in [0.1, 0.15) is 24.3 Å². The molecule has 0 bridgehead atoms. The molecule has 134 valence electrons. The number of carbonyl (C=O) groups is 1. The predicted octanol–water partition coefficient (Wildman–Crippen LogP) is 2.89. The van der Waals surface area contributed by atoms with Crippen LogP contribution in [-0.2, 0) is 22.3 Å². The second kappa shape index (κ2) is 6.83. The van der Waals surface area contributed by atoms with Gasteiger partial charge in [0.1, 0.15) is 6.04 Å². The molecule has 1 aliphatic heterocycles. The zero-order valence-electron chi connectivity index (χ0n) is 13.4. The number of likely N-dealkylation sites (tertiary alicyclic amines) is 1. The SMILES string of the molecule is COC(=O)C1CCCN1Cc1nc(-c2cccc(C(F)(F)F)c2)no1. The third kappa shape index (κ3) is 3.81. The fourth-order valence-electron chi connectivity index (χ4n) is 2.86. The van der Waals surface area contributed by atoms with E-state index < -0.39 is 11.7 Å². The Kier molecular flexibility index (Phi) is 4.76. The summed E-state index contributed by atoms with van der Waals surface area (Å²) in [7, 11) is 1.33. The molecule has 1 aromatic heterocycles. The molecule has 0 amide bonds. The first-order chi connectivity index (χ1) is 11.9. The minimum absolute atomic E-state index is 0.0786. The average Bonchev–Trinajstić information content (AvgIpc) is 3.23. The largest absolute Gasteiger partial charge is 0.468 e. The Morgan fingerprint density at radius 1 is 1.44 bits per heavy atom. The van der Waals surface area contributed by atoms with Gasteiger partial charge in [-0.05, 0) is 31.5 Å². The summed E-state index contributed by atoms with van der Waals surface area (Å²) in [4.78, 5) is 17.7. The van der Waals surface area contributed by atoms with Gasteiger partial charge in [0.15, 0.2) is 0 Å². The highest BCUT2D eigenvalue weighted by molar-refractivity contribution is 5.75. The molecule has 1 fully saturated rings. The van der Waals surface area contributed by atoms with E-state index in [-0.39, 0.29) is 35.8 Å². The fraction of sp³-hybridized carbons (Fsp3) is 0.438. The van der Waals surface area contributed by atoms with Crippen molar-refractivity contribution in [3.63, 3.8) is 0 Å². The second-order valence-electron chi connectivity index (χ2n) is 5.74. The number of methoxy groups -OCH3 is 1. The van der Waals surface area contributed by atoms with E-state index in [2.05, 4.69) is 10.1 Å².